The topological polar surface area (TPSA) is 89.9 Å². The van der Waals surface area contributed by atoms with Crippen molar-refractivity contribution in [3.05, 3.63) is 60.6 Å². The summed E-state index contributed by atoms with van der Waals surface area (Å²) in [5.41, 5.74) is 14.0. The van der Waals surface area contributed by atoms with E-state index < -0.39 is 0 Å². The van der Waals surface area contributed by atoms with Crippen molar-refractivity contribution in [1.82, 2.24) is 30.0 Å². The number of nitrogens with one attached hydrogen (secondary N) is 2. The number of nitrogens with zero attached hydrogens (tertiary/aromatic N) is 4. The van der Waals surface area contributed by atoms with Gasteiger partial charge in [0.1, 0.15) is 5.69 Å². The molecular weight excluding hydrogens is 386 g/mol. The number of nitrogens with two attached hydrogens (primary N) is 1. The van der Waals surface area contributed by atoms with Gasteiger partial charge < -0.3 is 20.5 Å². The van der Waals surface area contributed by atoms with E-state index in [1.807, 2.05) is 12.3 Å². The highest BCUT2D eigenvalue weighted by molar-refractivity contribution is 5.95. The lowest BCUT2D eigenvalue weighted by Gasteiger charge is -2.35. The highest BCUT2D eigenvalue weighted by Crippen LogP contribution is 2.32. The molecule has 1 saturated heterocycles. The summed E-state index contributed by atoms with van der Waals surface area (Å²) in [6, 6.07) is 10.4. The maximum absolute atomic E-state index is 5.92. The van der Waals surface area contributed by atoms with Gasteiger partial charge >= 0.3 is 0 Å². The average Bonchev–Trinajstić information content (AvgIpc) is 3.42. The first kappa shape index (κ1) is 19.4. The first-order valence-electron chi connectivity index (χ1n) is 10.6. The Balaban J connectivity index is 1.49. The van der Waals surface area contributed by atoms with Gasteiger partial charge in [0.25, 0.3) is 0 Å². The number of likely N-dealkylation sites (N-methyl/N-ethyl adjacent to an activating group) is 1. The van der Waals surface area contributed by atoms with Crippen LogP contribution in [-0.2, 0) is 0 Å². The molecule has 0 aliphatic carbocycles. The minimum absolute atomic E-state index is 0.654. The zero-order valence-corrected chi connectivity index (χ0v) is 17.9. The van der Waals surface area contributed by atoms with Crippen LogP contribution >= 0.6 is 0 Å². The summed E-state index contributed by atoms with van der Waals surface area (Å²) in [7, 11) is 2.18. The van der Waals surface area contributed by atoms with Gasteiger partial charge in [-0.1, -0.05) is 12.1 Å². The summed E-state index contributed by atoms with van der Waals surface area (Å²) >= 11 is 0. The maximum atomic E-state index is 5.92. The second kappa shape index (κ2) is 7.92. The lowest BCUT2D eigenvalue weighted by Crippen LogP contribution is -2.43. The minimum atomic E-state index is 0.654. The Kier molecular flexibility index (Phi) is 4.95. The van der Waals surface area contributed by atoms with Crippen LogP contribution in [0.1, 0.15) is 12.5 Å². The molecule has 7 nitrogen and oxygen atoms in total. The zero-order chi connectivity index (χ0) is 21.4. The number of allylic oxidation sites excluding steroid dienone is 1. The molecule has 4 heterocycles. The molecule has 3 aromatic heterocycles. The summed E-state index contributed by atoms with van der Waals surface area (Å²) in [5, 5.41) is 8.82. The molecule has 1 fully saturated rings. The molecule has 158 valence electrons. The van der Waals surface area contributed by atoms with Crippen LogP contribution in [-0.4, -0.2) is 63.2 Å². The molecule has 4 N–H and O–H groups in total. The number of hydrogen-bond acceptors (Lipinski definition) is 5. The number of piperazine rings is 1. The van der Waals surface area contributed by atoms with Crippen LogP contribution in [0.3, 0.4) is 0 Å². The second-order valence-electron chi connectivity index (χ2n) is 8.11. The molecule has 5 rings (SSSR count). The van der Waals surface area contributed by atoms with Crippen LogP contribution in [0.4, 0.5) is 5.69 Å². The average molecular weight is 414 g/mol. The molecule has 1 aliphatic rings. The number of anilines is 1. The highest BCUT2D eigenvalue weighted by atomic mass is 15.3. The van der Waals surface area contributed by atoms with Gasteiger partial charge in [-0.25, -0.2) is 0 Å². The smallest absolute Gasteiger partial charge is 0.116 e. The van der Waals surface area contributed by atoms with Gasteiger partial charge in [0, 0.05) is 67.0 Å². The molecule has 7 heteroatoms. The van der Waals surface area contributed by atoms with Gasteiger partial charge in [-0.15, -0.1) is 0 Å². The molecule has 0 atom stereocenters. The van der Waals surface area contributed by atoms with Crippen molar-refractivity contribution in [3.8, 4) is 22.5 Å². The molecule has 1 aliphatic heterocycles. The van der Waals surface area contributed by atoms with E-state index in [0.29, 0.717) is 5.69 Å². The van der Waals surface area contributed by atoms with Gasteiger partial charge in [-0.05, 0) is 43.8 Å². The van der Waals surface area contributed by atoms with E-state index in [-0.39, 0.29) is 0 Å². The lowest BCUT2D eigenvalue weighted by molar-refractivity contribution is 0.207. The highest BCUT2D eigenvalue weighted by Gasteiger charge is 2.19. The van der Waals surface area contributed by atoms with Gasteiger partial charge in [0.15, 0.2) is 0 Å². The molecule has 0 bridgehead atoms. The number of hydrogen-bond donors (Lipinski definition) is 3. The molecule has 0 amide bonds. The fourth-order valence-corrected chi connectivity index (χ4v) is 4.27. The fourth-order valence-electron chi connectivity index (χ4n) is 4.27. The van der Waals surface area contributed by atoms with Crippen LogP contribution in [0.15, 0.2) is 55.0 Å². The van der Waals surface area contributed by atoms with Gasteiger partial charge in [-0.3, -0.25) is 10.1 Å². The normalized spacial score (nSPS) is 15.7. The number of fused-ring (bicyclic) bond motifs is 1. The van der Waals surface area contributed by atoms with Gasteiger partial charge in [0.05, 0.1) is 16.9 Å². The van der Waals surface area contributed by atoms with E-state index in [2.05, 4.69) is 80.5 Å². The SMILES string of the molecule is C/C=C(\c1c[nH]c(-c2n[nH]c3ccc(-c4cncc(N)c4)cc23)c1)N1CCN(C)CC1. The number of pyridine rings is 1. The Labute approximate surface area is 181 Å². The summed E-state index contributed by atoms with van der Waals surface area (Å²) < 4.78 is 0. The van der Waals surface area contributed by atoms with E-state index in [0.717, 1.165) is 59.6 Å². The molecular formula is C24H27N7. The van der Waals surface area contributed by atoms with Crippen molar-refractivity contribution in [2.75, 3.05) is 39.0 Å². The second-order valence-corrected chi connectivity index (χ2v) is 8.11. The van der Waals surface area contributed by atoms with Crippen LogP contribution in [0.5, 0.6) is 0 Å². The van der Waals surface area contributed by atoms with E-state index in [1.165, 1.54) is 11.3 Å². The van der Waals surface area contributed by atoms with Crippen LogP contribution in [0.2, 0.25) is 0 Å². The number of aromatic amines is 2. The van der Waals surface area contributed by atoms with Crippen molar-refractivity contribution in [2.24, 2.45) is 0 Å². The Bertz CT molecular complexity index is 1240. The van der Waals surface area contributed by atoms with Crippen LogP contribution < -0.4 is 5.73 Å². The standard InChI is InChI=1S/C24H27N7/c1-3-23(31-8-6-30(2)7-9-31)18-12-22(27-14-18)24-20-11-16(4-5-21(20)28-29-24)17-10-19(25)15-26-13-17/h3-5,10-15,27H,6-9,25H2,1-2H3,(H,28,29)/b23-3+. The van der Waals surface area contributed by atoms with E-state index >= 15 is 0 Å². The number of benzene rings is 1. The van der Waals surface area contributed by atoms with Crippen molar-refractivity contribution in [2.45, 2.75) is 6.92 Å². The third-order valence-electron chi connectivity index (χ3n) is 6.01. The summed E-state index contributed by atoms with van der Waals surface area (Å²) in [6.45, 7) is 6.36. The minimum Gasteiger partial charge on any atom is -0.397 e. The Morgan fingerprint density at radius 2 is 1.90 bits per heavy atom. The quantitative estimate of drug-likeness (QED) is 0.473. The van der Waals surface area contributed by atoms with Crippen LogP contribution in [0.25, 0.3) is 39.1 Å². The van der Waals surface area contributed by atoms with Crippen molar-refractivity contribution >= 4 is 22.3 Å². The van der Waals surface area contributed by atoms with E-state index in [1.54, 1.807) is 6.20 Å². The molecule has 0 unspecified atom stereocenters. The summed E-state index contributed by atoms with van der Waals surface area (Å²) in [6.07, 6.45) is 7.77. The zero-order valence-electron chi connectivity index (χ0n) is 17.9. The number of nitrogen functional groups attached to an aromatic ring is 1. The largest absolute Gasteiger partial charge is 0.397 e. The van der Waals surface area contributed by atoms with Crippen molar-refractivity contribution in [1.29, 1.82) is 0 Å². The third-order valence-corrected chi connectivity index (χ3v) is 6.01. The van der Waals surface area contributed by atoms with Crippen LogP contribution in [0, 0.1) is 0 Å². The predicted octanol–water partition coefficient (Wildman–Crippen LogP) is 3.81. The summed E-state index contributed by atoms with van der Waals surface area (Å²) in [4.78, 5) is 12.5. The Morgan fingerprint density at radius 1 is 1.06 bits per heavy atom. The summed E-state index contributed by atoms with van der Waals surface area (Å²) in [5.74, 6) is 0. The third kappa shape index (κ3) is 3.68. The molecule has 0 spiro atoms. The van der Waals surface area contributed by atoms with Crippen molar-refractivity contribution < 1.29 is 0 Å². The number of H-pyrrole nitrogens is 2. The monoisotopic (exact) mass is 413 g/mol. The predicted molar refractivity (Wildman–Crippen MR) is 126 cm³/mol. The first-order chi connectivity index (χ1) is 15.1. The number of rotatable bonds is 4. The fraction of sp³-hybridized carbons (Fsp3) is 0.250. The van der Waals surface area contributed by atoms with Gasteiger partial charge in [-0.2, -0.15) is 5.10 Å². The first-order valence-corrected chi connectivity index (χ1v) is 10.6. The molecule has 31 heavy (non-hydrogen) atoms. The van der Waals surface area contributed by atoms with E-state index in [9.17, 15) is 0 Å². The molecule has 1 aromatic carbocycles. The molecule has 0 saturated carbocycles. The molecule has 0 radical (unpaired) electrons. The van der Waals surface area contributed by atoms with Crippen molar-refractivity contribution in [3.63, 3.8) is 0 Å². The molecule has 4 aromatic rings. The Hall–Kier alpha value is -3.58. The number of aromatic nitrogens is 4. The van der Waals surface area contributed by atoms with Gasteiger partial charge in [0.2, 0.25) is 0 Å². The Morgan fingerprint density at radius 3 is 2.68 bits per heavy atom. The maximum Gasteiger partial charge on any atom is 0.116 e. The van der Waals surface area contributed by atoms with E-state index in [4.69, 9.17) is 5.73 Å². The lowest BCUT2D eigenvalue weighted by atomic mass is 10.0.